The van der Waals surface area contributed by atoms with Crippen molar-refractivity contribution in [2.24, 2.45) is 28.9 Å². The molecule has 202 valence electrons. The molecule has 1 heterocycles. The Morgan fingerprint density at radius 3 is 2.19 bits per heavy atom. The summed E-state index contributed by atoms with van der Waals surface area (Å²) < 4.78 is 5.44. The Labute approximate surface area is 213 Å². The number of amides is 4. The standard InChI is InChI=1S/C26H42N4O6/c1-7-16(20(31)21(27)32)28-22(33)19-17-15(26(17,5)6)13-30(19)23(34)18(14-11-9-8-10-12-14)29-24(35)36-25(2,3)4/h14-19H,7-13H2,1-6H3,(H2,27,32)(H,28,33)(H,29,35)/t15-,16?,17-,18?,19?/m0/s1. The van der Waals surface area contributed by atoms with Crippen LogP contribution in [0.1, 0.15) is 80.1 Å². The molecule has 2 saturated carbocycles. The van der Waals surface area contributed by atoms with E-state index in [-0.39, 0.29) is 35.5 Å². The molecule has 1 aliphatic heterocycles. The van der Waals surface area contributed by atoms with Gasteiger partial charge in [0.1, 0.15) is 17.7 Å². The van der Waals surface area contributed by atoms with Gasteiger partial charge in [-0.25, -0.2) is 4.79 Å². The van der Waals surface area contributed by atoms with E-state index in [0.717, 1.165) is 32.1 Å². The highest BCUT2D eigenvalue weighted by atomic mass is 16.6. The molecule has 3 aliphatic rings. The van der Waals surface area contributed by atoms with Crippen LogP contribution in [0.2, 0.25) is 0 Å². The molecule has 0 aromatic rings. The number of ketones is 1. The second-order valence-electron chi connectivity index (χ2n) is 12.1. The lowest BCUT2D eigenvalue weighted by Crippen LogP contribution is -2.59. The van der Waals surface area contributed by atoms with Gasteiger partial charge in [-0.3, -0.25) is 19.2 Å². The number of Topliss-reactive ketones (excluding diaryl/α,β-unsaturated/α-hetero) is 1. The first-order valence-electron chi connectivity index (χ1n) is 13.1. The molecule has 3 rings (SSSR count). The first-order valence-corrected chi connectivity index (χ1v) is 13.1. The van der Waals surface area contributed by atoms with E-state index in [1.807, 2.05) is 0 Å². The minimum absolute atomic E-state index is 0.0488. The third-order valence-electron chi connectivity index (χ3n) is 8.10. The van der Waals surface area contributed by atoms with Crippen LogP contribution in [0.3, 0.4) is 0 Å². The number of alkyl carbamates (subject to hydrolysis) is 1. The molecule has 0 radical (unpaired) electrons. The minimum atomic E-state index is -1.11. The van der Waals surface area contributed by atoms with Crippen LogP contribution in [0.15, 0.2) is 0 Å². The second kappa shape index (κ2) is 10.4. The van der Waals surface area contributed by atoms with Crippen molar-refractivity contribution in [1.82, 2.24) is 15.5 Å². The molecule has 10 heteroatoms. The minimum Gasteiger partial charge on any atom is -0.444 e. The summed E-state index contributed by atoms with van der Waals surface area (Å²) in [6.45, 7) is 11.5. The molecule has 1 saturated heterocycles. The number of rotatable bonds is 8. The van der Waals surface area contributed by atoms with Gasteiger partial charge in [0.2, 0.25) is 17.6 Å². The molecule has 4 amide bonds. The topological polar surface area (TPSA) is 148 Å². The summed E-state index contributed by atoms with van der Waals surface area (Å²) in [4.78, 5) is 65.3. The van der Waals surface area contributed by atoms with Gasteiger partial charge in [0.15, 0.2) is 0 Å². The smallest absolute Gasteiger partial charge is 0.408 e. The number of likely N-dealkylation sites (tertiary alicyclic amines) is 1. The number of carbonyl (C=O) groups is 5. The molecular formula is C26H42N4O6. The molecule has 5 atom stereocenters. The molecule has 0 spiro atoms. The maximum atomic E-state index is 14.0. The van der Waals surface area contributed by atoms with Crippen LogP contribution < -0.4 is 16.4 Å². The summed E-state index contributed by atoms with van der Waals surface area (Å²) in [7, 11) is 0. The number of carbonyl (C=O) groups excluding carboxylic acids is 5. The maximum absolute atomic E-state index is 14.0. The molecule has 0 aromatic carbocycles. The average Bonchev–Trinajstić information content (AvgIpc) is 3.12. The van der Waals surface area contributed by atoms with E-state index in [2.05, 4.69) is 24.5 Å². The van der Waals surface area contributed by atoms with E-state index >= 15 is 0 Å². The van der Waals surface area contributed by atoms with Crippen LogP contribution in [0.25, 0.3) is 0 Å². The molecule has 4 N–H and O–H groups in total. The van der Waals surface area contributed by atoms with E-state index in [9.17, 15) is 24.0 Å². The number of hydrogen-bond acceptors (Lipinski definition) is 6. The fraction of sp³-hybridized carbons (Fsp3) is 0.808. The van der Waals surface area contributed by atoms with E-state index in [1.165, 1.54) is 0 Å². The van der Waals surface area contributed by atoms with Gasteiger partial charge < -0.3 is 26.0 Å². The van der Waals surface area contributed by atoms with E-state index < -0.39 is 47.4 Å². The lowest BCUT2D eigenvalue weighted by atomic mass is 9.83. The fourth-order valence-corrected chi connectivity index (χ4v) is 6.06. The molecule has 10 nitrogen and oxygen atoms in total. The zero-order valence-electron chi connectivity index (χ0n) is 22.4. The molecule has 0 aromatic heterocycles. The molecule has 3 unspecified atom stereocenters. The van der Waals surface area contributed by atoms with Gasteiger partial charge in [-0.15, -0.1) is 0 Å². The van der Waals surface area contributed by atoms with Crippen molar-refractivity contribution in [2.45, 2.75) is 104 Å². The lowest BCUT2D eigenvalue weighted by molar-refractivity contribution is -0.144. The Hall–Kier alpha value is -2.65. The number of nitrogens with zero attached hydrogens (tertiary/aromatic N) is 1. The van der Waals surface area contributed by atoms with Crippen molar-refractivity contribution in [2.75, 3.05) is 6.54 Å². The monoisotopic (exact) mass is 506 g/mol. The Morgan fingerprint density at radius 1 is 1.06 bits per heavy atom. The fourth-order valence-electron chi connectivity index (χ4n) is 6.06. The van der Waals surface area contributed by atoms with Crippen LogP contribution in [0.5, 0.6) is 0 Å². The second-order valence-corrected chi connectivity index (χ2v) is 12.1. The average molecular weight is 507 g/mol. The van der Waals surface area contributed by atoms with Crippen LogP contribution >= 0.6 is 0 Å². The van der Waals surface area contributed by atoms with Crippen LogP contribution in [0, 0.1) is 23.2 Å². The summed E-state index contributed by atoms with van der Waals surface area (Å²) in [5, 5.41) is 5.48. The van der Waals surface area contributed by atoms with Gasteiger partial charge in [-0.2, -0.15) is 0 Å². The summed E-state index contributed by atoms with van der Waals surface area (Å²) in [5.74, 6) is -2.72. The highest BCUT2D eigenvalue weighted by Gasteiger charge is 2.69. The van der Waals surface area contributed by atoms with E-state index in [0.29, 0.717) is 6.54 Å². The van der Waals surface area contributed by atoms with Crippen LogP contribution in [-0.4, -0.2) is 64.8 Å². The maximum Gasteiger partial charge on any atom is 0.408 e. The summed E-state index contributed by atoms with van der Waals surface area (Å²) >= 11 is 0. The highest BCUT2D eigenvalue weighted by molar-refractivity contribution is 6.37. The van der Waals surface area contributed by atoms with Gasteiger partial charge in [0, 0.05) is 6.54 Å². The third kappa shape index (κ3) is 5.83. The summed E-state index contributed by atoms with van der Waals surface area (Å²) in [5.41, 5.74) is 4.31. The molecule has 2 aliphatic carbocycles. The Balaban J connectivity index is 1.84. The third-order valence-corrected chi connectivity index (χ3v) is 8.10. The van der Waals surface area contributed by atoms with E-state index in [4.69, 9.17) is 10.5 Å². The zero-order chi connectivity index (χ0) is 27.0. The van der Waals surface area contributed by atoms with Crippen molar-refractivity contribution in [1.29, 1.82) is 0 Å². The number of piperidine rings is 1. The Bertz CT molecular complexity index is 905. The van der Waals surface area contributed by atoms with Gasteiger partial charge in [0.25, 0.3) is 5.91 Å². The van der Waals surface area contributed by atoms with Crippen LogP contribution in [-0.2, 0) is 23.9 Å². The van der Waals surface area contributed by atoms with Crippen molar-refractivity contribution >= 4 is 29.6 Å². The first kappa shape index (κ1) is 27.9. The number of ether oxygens (including phenoxy) is 1. The van der Waals surface area contributed by atoms with E-state index in [1.54, 1.807) is 32.6 Å². The number of fused-ring (bicyclic) bond motifs is 1. The van der Waals surface area contributed by atoms with Gasteiger partial charge >= 0.3 is 6.09 Å². The Kier molecular flexibility index (Phi) is 8.05. The molecule has 36 heavy (non-hydrogen) atoms. The predicted octanol–water partition coefficient (Wildman–Crippen LogP) is 1.89. The summed E-state index contributed by atoms with van der Waals surface area (Å²) in [6, 6.07) is -2.63. The normalized spacial score (nSPS) is 26.8. The van der Waals surface area contributed by atoms with Crippen LogP contribution in [0.4, 0.5) is 4.79 Å². The van der Waals surface area contributed by atoms with Crippen molar-refractivity contribution in [3.63, 3.8) is 0 Å². The number of hydrogen-bond donors (Lipinski definition) is 3. The Morgan fingerprint density at radius 2 is 1.67 bits per heavy atom. The summed E-state index contributed by atoms with van der Waals surface area (Å²) in [6.07, 6.45) is 4.19. The van der Waals surface area contributed by atoms with Gasteiger partial charge in [0.05, 0.1) is 6.04 Å². The van der Waals surface area contributed by atoms with Crippen molar-refractivity contribution < 1.29 is 28.7 Å². The lowest BCUT2D eigenvalue weighted by Gasteiger charge is -2.37. The predicted molar refractivity (Wildman–Crippen MR) is 132 cm³/mol. The van der Waals surface area contributed by atoms with Crippen molar-refractivity contribution in [3.8, 4) is 0 Å². The van der Waals surface area contributed by atoms with Gasteiger partial charge in [-0.1, -0.05) is 40.0 Å². The quantitative estimate of drug-likeness (QED) is 0.428. The molecule has 3 fully saturated rings. The van der Waals surface area contributed by atoms with Crippen molar-refractivity contribution in [3.05, 3.63) is 0 Å². The number of primary amides is 1. The SMILES string of the molecule is CCC(NC(=O)C1[C@@H]2[C@H](CN1C(=O)C(NC(=O)OC(C)(C)C)C1CCCCC1)C2(C)C)C(=O)C(N)=O. The number of nitrogens with one attached hydrogen (secondary N) is 2. The molecule has 0 bridgehead atoms. The molecular weight excluding hydrogens is 464 g/mol. The largest absolute Gasteiger partial charge is 0.444 e. The zero-order valence-corrected chi connectivity index (χ0v) is 22.4. The first-order chi connectivity index (χ1) is 16.7. The highest BCUT2D eigenvalue weighted by Crippen LogP contribution is 2.65. The number of nitrogens with two attached hydrogens (primary N) is 1. The van der Waals surface area contributed by atoms with Gasteiger partial charge in [-0.05, 0) is 63.2 Å².